The summed E-state index contributed by atoms with van der Waals surface area (Å²) in [5.74, 6) is 0.103. The summed E-state index contributed by atoms with van der Waals surface area (Å²) in [6.45, 7) is 4.33. The monoisotopic (exact) mass is 276 g/mol. The van der Waals surface area contributed by atoms with Crippen molar-refractivity contribution in [1.29, 1.82) is 0 Å². The molecule has 4 heteroatoms. The number of rotatable bonds is 4. The van der Waals surface area contributed by atoms with Crippen LogP contribution < -0.4 is 0 Å². The van der Waals surface area contributed by atoms with E-state index in [1.54, 1.807) is 4.90 Å². The molecule has 4 nitrogen and oxygen atoms in total. The number of β-amino-alcohol motifs (C(OH)–C–C–N with tert-alkyl or cyclic N) is 1. The van der Waals surface area contributed by atoms with Crippen molar-refractivity contribution in [3.05, 3.63) is 35.9 Å². The molecule has 2 rings (SSSR count). The van der Waals surface area contributed by atoms with Crippen molar-refractivity contribution in [2.24, 2.45) is 0 Å². The van der Waals surface area contributed by atoms with E-state index in [2.05, 4.69) is 0 Å². The van der Waals surface area contributed by atoms with Gasteiger partial charge < -0.3 is 10.0 Å². The van der Waals surface area contributed by atoms with Gasteiger partial charge in [0.25, 0.3) is 0 Å². The minimum atomic E-state index is -0.656. The van der Waals surface area contributed by atoms with Crippen LogP contribution in [0, 0.1) is 0 Å². The molecule has 110 valence electrons. The van der Waals surface area contributed by atoms with E-state index >= 15 is 0 Å². The van der Waals surface area contributed by atoms with E-state index in [1.165, 1.54) is 0 Å². The molecule has 0 aromatic heterocycles. The topological polar surface area (TPSA) is 43.8 Å². The normalized spacial score (nSPS) is 23.6. The molecule has 1 heterocycles. The largest absolute Gasteiger partial charge is 0.389 e. The lowest BCUT2D eigenvalue weighted by atomic mass is 9.95. The second kappa shape index (κ2) is 6.37. The number of likely N-dealkylation sites (N-methyl/N-ethyl adjacent to an activating group) is 1. The number of piperidine rings is 1. The first kappa shape index (κ1) is 15.0. The molecule has 0 bridgehead atoms. The predicted octanol–water partition coefficient (Wildman–Crippen LogP) is 1.49. The number of carbonyl (C=O) groups is 1. The summed E-state index contributed by atoms with van der Waals surface area (Å²) in [6.07, 6.45) is 1.76. The van der Waals surface area contributed by atoms with E-state index < -0.39 is 5.60 Å². The van der Waals surface area contributed by atoms with Crippen LogP contribution in [-0.2, 0) is 11.3 Å². The second-order valence-corrected chi connectivity index (χ2v) is 6.05. The fourth-order valence-corrected chi connectivity index (χ4v) is 2.72. The van der Waals surface area contributed by atoms with Gasteiger partial charge in [-0.3, -0.25) is 9.69 Å². The zero-order valence-corrected chi connectivity index (χ0v) is 12.4. The number of nitrogens with zero attached hydrogens (tertiary/aromatic N) is 2. The Kier molecular flexibility index (Phi) is 4.78. The number of amides is 1. The van der Waals surface area contributed by atoms with Crippen molar-refractivity contribution in [2.45, 2.75) is 31.9 Å². The molecule has 20 heavy (non-hydrogen) atoms. The Morgan fingerprint density at radius 1 is 1.40 bits per heavy atom. The van der Waals surface area contributed by atoms with E-state index in [4.69, 9.17) is 0 Å². The summed E-state index contributed by atoms with van der Waals surface area (Å²) in [5, 5.41) is 10.1. The average Bonchev–Trinajstić information content (AvgIpc) is 2.38. The van der Waals surface area contributed by atoms with E-state index in [9.17, 15) is 9.90 Å². The molecule has 1 aliphatic heterocycles. The zero-order valence-electron chi connectivity index (χ0n) is 12.4. The maximum Gasteiger partial charge on any atom is 0.236 e. The molecule has 1 fully saturated rings. The highest BCUT2D eigenvalue weighted by Crippen LogP contribution is 2.20. The zero-order chi connectivity index (χ0) is 14.6. The summed E-state index contributed by atoms with van der Waals surface area (Å²) in [7, 11) is 1.83. The van der Waals surface area contributed by atoms with Crippen LogP contribution in [0.1, 0.15) is 25.3 Å². The lowest BCUT2D eigenvalue weighted by Crippen LogP contribution is -2.49. The Hall–Kier alpha value is -1.39. The van der Waals surface area contributed by atoms with Crippen LogP contribution in [0.15, 0.2) is 30.3 Å². The van der Waals surface area contributed by atoms with Gasteiger partial charge in [0.1, 0.15) is 0 Å². The maximum absolute atomic E-state index is 12.2. The van der Waals surface area contributed by atoms with Crippen LogP contribution >= 0.6 is 0 Å². The number of carbonyl (C=O) groups excluding carboxylic acids is 1. The van der Waals surface area contributed by atoms with E-state index in [1.807, 2.05) is 49.2 Å². The summed E-state index contributed by atoms with van der Waals surface area (Å²) < 4.78 is 0. The maximum atomic E-state index is 12.2. The molecule has 1 aromatic rings. The van der Waals surface area contributed by atoms with Crippen LogP contribution in [-0.4, -0.2) is 53.1 Å². The third kappa shape index (κ3) is 4.32. The van der Waals surface area contributed by atoms with Gasteiger partial charge in [0.15, 0.2) is 0 Å². The van der Waals surface area contributed by atoms with Gasteiger partial charge in [0.05, 0.1) is 12.1 Å². The van der Waals surface area contributed by atoms with E-state index in [0.717, 1.165) is 24.9 Å². The number of hydrogen-bond donors (Lipinski definition) is 1. The van der Waals surface area contributed by atoms with Crippen LogP contribution in [0.25, 0.3) is 0 Å². The standard InChI is InChI=1S/C16H24N2O2/c1-16(20)9-6-10-18(13-16)12-15(19)17(2)11-14-7-4-3-5-8-14/h3-5,7-8,20H,6,9-13H2,1-2H3. The molecule has 1 N–H and O–H groups in total. The SMILES string of the molecule is CN(Cc1ccccc1)C(=O)CN1CCCC(C)(O)C1. The molecule has 0 saturated carbocycles. The lowest BCUT2D eigenvalue weighted by Gasteiger charge is -2.37. The molecule has 0 radical (unpaired) electrons. The fraction of sp³-hybridized carbons (Fsp3) is 0.562. The first-order valence-electron chi connectivity index (χ1n) is 7.19. The van der Waals surface area contributed by atoms with Crippen LogP contribution in [0.4, 0.5) is 0 Å². The molecule has 1 atom stereocenters. The van der Waals surface area contributed by atoms with Gasteiger partial charge in [-0.15, -0.1) is 0 Å². The first-order chi connectivity index (χ1) is 9.46. The van der Waals surface area contributed by atoms with Gasteiger partial charge in [0, 0.05) is 20.1 Å². The minimum Gasteiger partial charge on any atom is -0.389 e. The Morgan fingerprint density at radius 3 is 2.75 bits per heavy atom. The van der Waals surface area contributed by atoms with Gasteiger partial charge in [-0.05, 0) is 31.9 Å². The van der Waals surface area contributed by atoms with Crippen molar-refractivity contribution in [1.82, 2.24) is 9.80 Å². The van der Waals surface area contributed by atoms with Crippen molar-refractivity contribution >= 4 is 5.91 Å². The van der Waals surface area contributed by atoms with Crippen molar-refractivity contribution < 1.29 is 9.90 Å². The Bertz CT molecular complexity index is 445. The fourth-order valence-electron chi connectivity index (χ4n) is 2.72. The summed E-state index contributed by atoms with van der Waals surface area (Å²) >= 11 is 0. The van der Waals surface area contributed by atoms with Crippen LogP contribution in [0.2, 0.25) is 0 Å². The Labute approximate surface area is 121 Å². The third-order valence-electron chi connectivity index (χ3n) is 3.80. The quantitative estimate of drug-likeness (QED) is 0.906. The number of benzene rings is 1. The molecule has 1 aliphatic rings. The molecular formula is C16H24N2O2. The third-order valence-corrected chi connectivity index (χ3v) is 3.80. The second-order valence-electron chi connectivity index (χ2n) is 6.05. The summed E-state index contributed by atoms with van der Waals surface area (Å²) in [4.78, 5) is 16.0. The van der Waals surface area contributed by atoms with Gasteiger partial charge >= 0.3 is 0 Å². The van der Waals surface area contributed by atoms with Gasteiger partial charge in [0.2, 0.25) is 5.91 Å². The molecule has 1 aromatic carbocycles. The minimum absolute atomic E-state index is 0.103. The molecule has 1 saturated heterocycles. The van der Waals surface area contributed by atoms with E-state index in [0.29, 0.717) is 19.6 Å². The number of hydrogen-bond acceptors (Lipinski definition) is 3. The van der Waals surface area contributed by atoms with Gasteiger partial charge in [-0.2, -0.15) is 0 Å². The smallest absolute Gasteiger partial charge is 0.236 e. The van der Waals surface area contributed by atoms with Crippen LogP contribution in [0.3, 0.4) is 0 Å². The molecule has 0 spiro atoms. The average molecular weight is 276 g/mol. The summed E-state index contributed by atoms with van der Waals surface area (Å²) in [6, 6.07) is 9.98. The van der Waals surface area contributed by atoms with Crippen molar-refractivity contribution in [3.63, 3.8) is 0 Å². The Balaban J connectivity index is 1.85. The lowest BCUT2D eigenvalue weighted by molar-refractivity contribution is -0.133. The molecular weight excluding hydrogens is 252 g/mol. The Morgan fingerprint density at radius 2 is 2.10 bits per heavy atom. The number of aliphatic hydroxyl groups is 1. The first-order valence-corrected chi connectivity index (χ1v) is 7.19. The molecule has 1 unspecified atom stereocenters. The molecule has 0 aliphatic carbocycles. The van der Waals surface area contributed by atoms with E-state index in [-0.39, 0.29) is 5.91 Å². The van der Waals surface area contributed by atoms with Crippen LogP contribution in [0.5, 0.6) is 0 Å². The van der Waals surface area contributed by atoms with Crippen molar-refractivity contribution in [3.8, 4) is 0 Å². The number of likely N-dealkylation sites (tertiary alicyclic amines) is 1. The van der Waals surface area contributed by atoms with Gasteiger partial charge in [-0.25, -0.2) is 0 Å². The highest BCUT2D eigenvalue weighted by molar-refractivity contribution is 5.78. The predicted molar refractivity (Wildman–Crippen MR) is 79.2 cm³/mol. The highest BCUT2D eigenvalue weighted by atomic mass is 16.3. The van der Waals surface area contributed by atoms with Gasteiger partial charge in [-0.1, -0.05) is 30.3 Å². The highest BCUT2D eigenvalue weighted by Gasteiger charge is 2.29. The van der Waals surface area contributed by atoms with Crippen molar-refractivity contribution in [2.75, 3.05) is 26.7 Å². The molecule has 1 amide bonds. The summed E-state index contributed by atoms with van der Waals surface area (Å²) in [5.41, 5.74) is 0.477.